The molecule has 0 radical (unpaired) electrons. The van der Waals surface area contributed by atoms with E-state index in [1.165, 1.54) is 5.56 Å². The lowest BCUT2D eigenvalue weighted by Crippen LogP contribution is -2.21. The third-order valence-electron chi connectivity index (χ3n) is 3.95. The van der Waals surface area contributed by atoms with Gasteiger partial charge in [-0.3, -0.25) is 4.79 Å². The summed E-state index contributed by atoms with van der Waals surface area (Å²) in [5.41, 5.74) is 5.61. The average molecular weight is 313 g/mol. The van der Waals surface area contributed by atoms with E-state index in [1.54, 1.807) is 0 Å². The minimum absolute atomic E-state index is 0.0119. The second kappa shape index (κ2) is 6.32. The van der Waals surface area contributed by atoms with E-state index in [-0.39, 0.29) is 11.8 Å². The molecular weight excluding hydrogens is 296 g/mol. The van der Waals surface area contributed by atoms with Gasteiger partial charge in [0.2, 0.25) is 5.91 Å². The van der Waals surface area contributed by atoms with Gasteiger partial charge in [-0.05, 0) is 42.5 Å². The van der Waals surface area contributed by atoms with Crippen molar-refractivity contribution in [3.05, 3.63) is 70.7 Å². The molecule has 1 fully saturated rings. The molecule has 0 bridgehead atoms. The molecule has 1 aliphatic carbocycles. The fourth-order valence-electron chi connectivity index (χ4n) is 2.53. The Balaban J connectivity index is 1.59. The van der Waals surface area contributed by atoms with E-state index in [4.69, 9.17) is 11.6 Å². The molecule has 22 heavy (non-hydrogen) atoms. The normalized spacial score (nSPS) is 20.5. The predicted molar refractivity (Wildman–Crippen MR) is 89.1 cm³/mol. The molecule has 0 spiro atoms. The van der Waals surface area contributed by atoms with E-state index in [0.29, 0.717) is 10.9 Å². The molecule has 3 rings (SSSR count). The molecule has 0 saturated heterocycles. The fraction of sp³-hybridized carbons (Fsp3) is 0.222. The summed E-state index contributed by atoms with van der Waals surface area (Å²) >= 11 is 5.86. The van der Waals surface area contributed by atoms with Gasteiger partial charge in [-0.1, -0.05) is 54.1 Å². The van der Waals surface area contributed by atoms with E-state index >= 15 is 0 Å². The van der Waals surface area contributed by atoms with Crippen molar-refractivity contribution in [1.82, 2.24) is 5.43 Å². The number of benzene rings is 2. The molecule has 2 atom stereocenters. The monoisotopic (exact) mass is 312 g/mol. The Kier molecular flexibility index (Phi) is 4.25. The SMILES string of the molecule is C/C(=N/NC(=O)[C@H]1C[C@@H]1c1ccccc1)c1ccc(Cl)cc1. The molecule has 4 heteroatoms. The van der Waals surface area contributed by atoms with Gasteiger partial charge >= 0.3 is 0 Å². The number of nitrogens with one attached hydrogen (secondary N) is 1. The topological polar surface area (TPSA) is 41.5 Å². The van der Waals surface area contributed by atoms with Crippen LogP contribution in [0.4, 0.5) is 0 Å². The third-order valence-corrected chi connectivity index (χ3v) is 4.20. The molecule has 2 aromatic rings. The second-order valence-electron chi connectivity index (χ2n) is 5.54. The Bertz CT molecular complexity index is 695. The van der Waals surface area contributed by atoms with Crippen LogP contribution in [0.15, 0.2) is 59.7 Å². The van der Waals surface area contributed by atoms with Crippen LogP contribution in [0.25, 0.3) is 0 Å². The molecule has 0 heterocycles. The van der Waals surface area contributed by atoms with E-state index in [1.807, 2.05) is 49.4 Å². The van der Waals surface area contributed by atoms with Gasteiger partial charge in [0.25, 0.3) is 0 Å². The minimum atomic E-state index is -0.0119. The number of hydrazone groups is 1. The summed E-state index contributed by atoms with van der Waals surface area (Å²) in [6.45, 7) is 1.87. The number of carbonyl (C=O) groups excluding carboxylic acids is 1. The first-order valence-electron chi connectivity index (χ1n) is 7.30. The molecule has 0 unspecified atom stereocenters. The summed E-state index contributed by atoms with van der Waals surface area (Å²) in [4.78, 5) is 12.1. The van der Waals surface area contributed by atoms with Gasteiger partial charge < -0.3 is 0 Å². The highest BCUT2D eigenvalue weighted by Crippen LogP contribution is 2.47. The van der Waals surface area contributed by atoms with Crippen molar-refractivity contribution in [3.63, 3.8) is 0 Å². The van der Waals surface area contributed by atoms with Gasteiger partial charge in [0, 0.05) is 10.9 Å². The fourth-order valence-corrected chi connectivity index (χ4v) is 2.66. The van der Waals surface area contributed by atoms with Gasteiger partial charge in [0.05, 0.1) is 5.71 Å². The van der Waals surface area contributed by atoms with Crippen LogP contribution in [0.5, 0.6) is 0 Å². The Morgan fingerprint density at radius 1 is 1.14 bits per heavy atom. The maximum atomic E-state index is 12.1. The van der Waals surface area contributed by atoms with Crippen LogP contribution in [-0.4, -0.2) is 11.6 Å². The third kappa shape index (κ3) is 3.37. The molecular formula is C18H17ClN2O. The number of hydrogen-bond donors (Lipinski definition) is 1. The molecule has 2 aromatic carbocycles. The van der Waals surface area contributed by atoms with Crippen LogP contribution < -0.4 is 5.43 Å². The number of rotatable bonds is 4. The second-order valence-corrected chi connectivity index (χ2v) is 5.98. The van der Waals surface area contributed by atoms with Crippen LogP contribution >= 0.6 is 11.6 Å². The van der Waals surface area contributed by atoms with Crippen molar-refractivity contribution in [2.45, 2.75) is 19.3 Å². The Morgan fingerprint density at radius 3 is 2.50 bits per heavy atom. The zero-order valence-electron chi connectivity index (χ0n) is 12.3. The zero-order valence-corrected chi connectivity index (χ0v) is 13.0. The lowest BCUT2D eigenvalue weighted by Gasteiger charge is -2.03. The van der Waals surface area contributed by atoms with Crippen LogP contribution in [0.3, 0.4) is 0 Å². The number of amides is 1. The molecule has 1 amide bonds. The van der Waals surface area contributed by atoms with E-state index in [9.17, 15) is 4.79 Å². The van der Waals surface area contributed by atoms with Crippen LogP contribution in [-0.2, 0) is 4.79 Å². The van der Waals surface area contributed by atoms with Gasteiger partial charge in [-0.15, -0.1) is 0 Å². The van der Waals surface area contributed by atoms with Gasteiger partial charge in [-0.2, -0.15) is 5.10 Å². The highest BCUT2D eigenvalue weighted by atomic mass is 35.5. The maximum Gasteiger partial charge on any atom is 0.243 e. The summed E-state index contributed by atoms with van der Waals surface area (Å²) in [6.07, 6.45) is 0.894. The van der Waals surface area contributed by atoms with Crippen molar-refractivity contribution in [1.29, 1.82) is 0 Å². The molecule has 0 aromatic heterocycles. The highest BCUT2D eigenvalue weighted by molar-refractivity contribution is 6.30. The number of nitrogens with zero attached hydrogens (tertiary/aromatic N) is 1. The standard InChI is InChI=1S/C18H17ClN2O/c1-12(13-7-9-15(19)10-8-13)20-21-18(22)17-11-16(17)14-5-3-2-4-6-14/h2-10,16-17H,11H2,1H3,(H,21,22)/b20-12-/t16-,17+/m1/s1. The quantitative estimate of drug-likeness (QED) is 0.673. The first-order chi connectivity index (χ1) is 10.6. The largest absolute Gasteiger partial charge is 0.273 e. The number of carbonyl (C=O) groups is 1. The molecule has 3 nitrogen and oxygen atoms in total. The van der Waals surface area contributed by atoms with E-state index in [0.717, 1.165) is 17.7 Å². The van der Waals surface area contributed by atoms with Crippen LogP contribution in [0.1, 0.15) is 30.4 Å². The van der Waals surface area contributed by atoms with Crippen molar-refractivity contribution < 1.29 is 4.79 Å². The Hall–Kier alpha value is -2.13. The molecule has 112 valence electrons. The van der Waals surface area contributed by atoms with Gasteiger partial charge in [0.1, 0.15) is 0 Å². The summed E-state index contributed by atoms with van der Waals surface area (Å²) in [6, 6.07) is 17.5. The van der Waals surface area contributed by atoms with Gasteiger partial charge in [-0.25, -0.2) is 5.43 Å². The predicted octanol–water partition coefficient (Wildman–Crippen LogP) is 3.98. The van der Waals surface area contributed by atoms with Crippen molar-refractivity contribution in [2.75, 3.05) is 0 Å². The summed E-state index contributed by atoms with van der Waals surface area (Å²) in [5, 5.41) is 4.87. The summed E-state index contributed by atoms with van der Waals surface area (Å²) in [7, 11) is 0. The molecule has 1 saturated carbocycles. The smallest absolute Gasteiger partial charge is 0.243 e. The molecule has 1 aliphatic rings. The molecule has 1 N–H and O–H groups in total. The van der Waals surface area contributed by atoms with Crippen molar-refractivity contribution in [2.24, 2.45) is 11.0 Å². The lowest BCUT2D eigenvalue weighted by atomic mass is 10.1. The zero-order chi connectivity index (χ0) is 15.5. The number of hydrogen-bond acceptors (Lipinski definition) is 2. The van der Waals surface area contributed by atoms with Gasteiger partial charge in [0.15, 0.2) is 0 Å². The Labute approximate surface area is 135 Å². The summed E-state index contributed by atoms with van der Waals surface area (Å²) in [5.74, 6) is 0.346. The van der Waals surface area contributed by atoms with Crippen molar-refractivity contribution in [3.8, 4) is 0 Å². The van der Waals surface area contributed by atoms with E-state index < -0.39 is 0 Å². The first-order valence-corrected chi connectivity index (χ1v) is 7.68. The highest BCUT2D eigenvalue weighted by Gasteiger charge is 2.43. The van der Waals surface area contributed by atoms with Crippen molar-refractivity contribution >= 4 is 23.2 Å². The van der Waals surface area contributed by atoms with E-state index in [2.05, 4.69) is 22.7 Å². The average Bonchev–Trinajstić information content (AvgIpc) is 3.34. The minimum Gasteiger partial charge on any atom is -0.273 e. The lowest BCUT2D eigenvalue weighted by molar-refractivity contribution is -0.122. The maximum absolute atomic E-state index is 12.1. The first kappa shape index (κ1) is 14.8. The number of halogens is 1. The van der Waals surface area contributed by atoms with Crippen LogP contribution in [0, 0.1) is 5.92 Å². The molecule has 0 aliphatic heterocycles. The Morgan fingerprint density at radius 2 is 1.82 bits per heavy atom. The van der Waals surface area contributed by atoms with Crippen LogP contribution in [0.2, 0.25) is 5.02 Å². The summed E-state index contributed by atoms with van der Waals surface area (Å²) < 4.78 is 0.